The first-order valence-electron chi connectivity index (χ1n) is 11.8. The van der Waals surface area contributed by atoms with Crippen LogP contribution < -0.4 is 5.32 Å². The smallest absolute Gasteiger partial charge is 0.224 e. The molecule has 0 saturated carbocycles. The second-order valence-corrected chi connectivity index (χ2v) is 8.57. The first-order chi connectivity index (χ1) is 18.1. The van der Waals surface area contributed by atoms with Gasteiger partial charge in [0.1, 0.15) is 11.2 Å². The molecule has 182 valence electrons. The molecule has 0 bridgehead atoms. The number of halogens is 1. The first kappa shape index (κ1) is 22.5. The van der Waals surface area contributed by atoms with E-state index in [9.17, 15) is 4.79 Å². The molecule has 5 heterocycles. The van der Waals surface area contributed by atoms with Crippen molar-refractivity contribution in [1.82, 2.24) is 35.1 Å². The van der Waals surface area contributed by atoms with Gasteiger partial charge < -0.3 is 10.3 Å². The second kappa shape index (κ2) is 9.23. The summed E-state index contributed by atoms with van der Waals surface area (Å²) in [7, 11) is 0. The summed E-state index contributed by atoms with van der Waals surface area (Å²) in [6.07, 6.45) is 7.75. The number of pyridine rings is 3. The summed E-state index contributed by atoms with van der Waals surface area (Å²) in [6, 6.07) is 12.5. The molecule has 6 rings (SSSR count). The maximum atomic E-state index is 15.1. The largest absolute Gasteiger partial charge is 0.335 e. The lowest BCUT2D eigenvalue weighted by atomic mass is 10.0. The number of rotatable bonds is 6. The van der Waals surface area contributed by atoms with Crippen LogP contribution >= 0.6 is 0 Å². The molecule has 3 N–H and O–H groups in total. The Bertz CT molecular complexity index is 1760. The van der Waals surface area contributed by atoms with Crippen molar-refractivity contribution in [1.29, 1.82) is 0 Å². The number of amides is 1. The topological polar surface area (TPSA) is 125 Å². The fourth-order valence-electron chi connectivity index (χ4n) is 4.30. The minimum atomic E-state index is -0.487. The van der Waals surface area contributed by atoms with Crippen molar-refractivity contribution in [3.8, 4) is 33.9 Å². The van der Waals surface area contributed by atoms with Gasteiger partial charge in [0.15, 0.2) is 17.3 Å². The van der Waals surface area contributed by atoms with E-state index in [-0.39, 0.29) is 11.4 Å². The third kappa shape index (κ3) is 4.18. The number of nitrogens with one attached hydrogen (secondary N) is 3. The van der Waals surface area contributed by atoms with Crippen molar-refractivity contribution >= 4 is 33.7 Å². The molecule has 1 aromatic carbocycles. The summed E-state index contributed by atoms with van der Waals surface area (Å²) in [5.74, 6) is -0.105. The molecule has 0 aliphatic carbocycles. The van der Waals surface area contributed by atoms with Gasteiger partial charge in [0, 0.05) is 41.5 Å². The van der Waals surface area contributed by atoms with Crippen molar-refractivity contribution in [2.45, 2.75) is 19.8 Å². The van der Waals surface area contributed by atoms with E-state index in [0.717, 1.165) is 23.2 Å². The summed E-state index contributed by atoms with van der Waals surface area (Å²) in [6.45, 7) is 1.94. The molecule has 10 heteroatoms. The maximum Gasteiger partial charge on any atom is 0.224 e. The van der Waals surface area contributed by atoms with Gasteiger partial charge in [-0.05, 0) is 48.4 Å². The molecule has 0 atom stereocenters. The molecule has 1 amide bonds. The number of H-pyrrole nitrogens is 2. The molecule has 5 aromatic heterocycles. The van der Waals surface area contributed by atoms with Crippen LogP contribution in [-0.2, 0) is 4.79 Å². The number of aromatic amines is 2. The zero-order valence-corrected chi connectivity index (χ0v) is 19.8. The third-order valence-corrected chi connectivity index (χ3v) is 6.01. The van der Waals surface area contributed by atoms with Crippen LogP contribution in [0.15, 0.2) is 67.3 Å². The monoisotopic (exact) mass is 492 g/mol. The van der Waals surface area contributed by atoms with Crippen molar-refractivity contribution in [3.05, 3.63) is 73.1 Å². The molecule has 0 saturated heterocycles. The molecule has 6 aromatic rings. The lowest BCUT2D eigenvalue weighted by Crippen LogP contribution is -2.10. The Kier molecular flexibility index (Phi) is 5.61. The van der Waals surface area contributed by atoms with Crippen LogP contribution in [0.3, 0.4) is 0 Å². The van der Waals surface area contributed by atoms with Gasteiger partial charge in [0.2, 0.25) is 5.91 Å². The van der Waals surface area contributed by atoms with Crippen LogP contribution in [0.1, 0.15) is 19.8 Å². The summed E-state index contributed by atoms with van der Waals surface area (Å²) in [5.41, 5.74) is 5.39. The highest BCUT2D eigenvalue weighted by molar-refractivity contribution is 5.98. The number of anilines is 1. The minimum Gasteiger partial charge on any atom is -0.335 e. The van der Waals surface area contributed by atoms with Crippen molar-refractivity contribution in [2.24, 2.45) is 0 Å². The van der Waals surface area contributed by atoms with Crippen LogP contribution in [0.4, 0.5) is 10.1 Å². The van der Waals surface area contributed by atoms with E-state index < -0.39 is 5.82 Å². The van der Waals surface area contributed by atoms with E-state index in [1.54, 1.807) is 30.9 Å². The molecule has 9 nitrogen and oxygen atoms in total. The highest BCUT2D eigenvalue weighted by atomic mass is 19.1. The average Bonchev–Trinajstić information content (AvgIpc) is 3.54. The van der Waals surface area contributed by atoms with Gasteiger partial charge in [0.25, 0.3) is 0 Å². The van der Waals surface area contributed by atoms with Crippen molar-refractivity contribution in [2.75, 3.05) is 5.32 Å². The molecular formula is C27H21FN8O. The number of aromatic nitrogens is 7. The Balaban J connectivity index is 1.43. The van der Waals surface area contributed by atoms with Crippen LogP contribution in [-0.4, -0.2) is 41.0 Å². The second-order valence-electron chi connectivity index (χ2n) is 8.57. The van der Waals surface area contributed by atoms with E-state index in [1.807, 2.05) is 37.3 Å². The Hall–Kier alpha value is -4.99. The zero-order chi connectivity index (χ0) is 25.4. The predicted molar refractivity (Wildman–Crippen MR) is 139 cm³/mol. The number of hydrogen-bond acceptors (Lipinski definition) is 6. The Labute approximate surface area is 210 Å². The summed E-state index contributed by atoms with van der Waals surface area (Å²) < 4.78 is 15.1. The molecule has 0 unspecified atom stereocenters. The Morgan fingerprint density at radius 2 is 1.97 bits per heavy atom. The van der Waals surface area contributed by atoms with Gasteiger partial charge in [-0.25, -0.2) is 14.4 Å². The van der Waals surface area contributed by atoms with Gasteiger partial charge in [-0.2, -0.15) is 5.10 Å². The lowest BCUT2D eigenvalue weighted by molar-refractivity contribution is -0.116. The first-order valence-corrected chi connectivity index (χ1v) is 11.8. The van der Waals surface area contributed by atoms with Crippen molar-refractivity contribution < 1.29 is 9.18 Å². The number of nitrogens with zero attached hydrogens (tertiary/aromatic N) is 5. The quantitative estimate of drug-likeness (QED) is 0.282. The number of hydrogen-bond donors (Lipinski definition) is 3. The normalized spacial score (nSPS) is 11.3. The summed E-state index contributed by atoms with van der Waals surface area (Å²) in [5, 5.41) is 10.5. The molecule has 37 heavy (non-hydrogen) atoms. The van der Waals surface area contributed by atoms with Crippen LogP contribution in [0, 0.1) is 5.82 Å². The highest BCUT2D eigenvalue weighted by Crippen LogP contribution is 2.33. The number of carbonyl (C=O) groups is 1. The zero-order valence-electron chi connectivity index (χ0n) is 19.8. The number of fused-ring (bicyclic) bond motifs is 2. The third-order valence-electron chi connectivity index (χ3n) is 6.01. The van der Waals surface area contributed by atoms with Crippen LogP contribution in [0.2, 0.25) is 0 Å². The van der Waals surface area contributed by atoms with Gasteiger partial charge in [-0.15, -0.1) is 0 Å². The van der Waals surface area contributed by atoms with Gasteiger partial charge in [-0.1, -0.05) is 13.0 Å². The highest BCUT2D eigenvalue weighted by Gasteiger charge is 2.18. The maximum absolute atomic E-state index is 15.1. The Morgan fingerprint density at radius 1 is 1.05 bits per heavy atom. The molecule has 0 fully saturated rings. The predicted octanol–water partition coefficient (Wildman–Crippen LogP) is 5.50. The van der Waals surface area contributed by atoms with E-state index in [1.165, 1.54) is 6.07 Å². The van der Waals surface area contributed by atoms with Gasteiger partial charge in [0.05, 0.1) is 23.1 Å². The number of benzene rings is 1. The summed E-state index contributed by atoms with van der Waals surface area (Å²) in [4.78, 5) is 33.0. The standard InChI is InChI=1S/C27H21FN8O/c1-2-5-22(37)32-17-10-16(13-29-14-17)15-11-19-23(20(28)12-15)35-36-25(19)27-33-24-18(7-9-31-26(24)34-27)21-6-3-4-8-30-21/h3-4,6-14H,2,5H2,1H3,(H,32,37)(H,35,36)(H,31,33,34). The van der Waals surface area contributed by atoms with Crippen molar-refractivity contribution in [3.63, 3.8) is 0 Å². The molecule has 0 aliphatic heterocycles. The molecule has 0 radical (unpaired) electrons. The SMILES string of the molecule is CCCC(=O)Nc1cncc(-c2cc(F)c3n[nH]c(-c4nc5nccc(-c6ccccn6)c5[nH]4)c3c2)c1. The molecule has 0 aliphatic rings. The molecular weight excluding hydrogens is 471 g/mol. The van der Waals surface area contributed by atoms with E-state index in [4.69, 9.17) is 0 Å². The van der Waals surface area contributed by atoms with Crippen LogP contribution in [0.5, 0.6) is 0 Å². The minimum absolute atomic E-state index is 0.0937. The van der Waals surface area contributed by atoms with E-state index in [2.05, 4.69) is 40.4 Å². The average molecular weight is 493 g/mol. The Morgan fingerprint density at radius 3 is 2.81 bits per heavy atom. The van der Waals surface area contributed by atoms with Gasteiger partial charge in [-0.3, -0.25) is 19.9 Å². The van der Waals surface area contributed by atoms with Gasteiger partial charge >= 0.3 is 0 Å². The van der Waals surface area contributed by atoms with E-state index in [0.29, 0.717) is 45.8 Å². The number of imidazole rings is 1. The number of carbonyl (C=O) groups excluding carboxylic acids is 1. The lowest BCUT2D eigenvalue weighted by Gasteiger charge is -2.07. The fourth-order valence-corrected chi connectivity index (χ4v) is 4.30. The summed E-state index contributed by atoms with van der Waals surface area (Å²) >= 11 is 0. The van der Waals surface area contributed by atoms with E-state index >= 15 is 4.39 Å². The fraction of sp³-hybridized carbons (Fsp3) is 0.111. The molecule has 0 spiro atoms. The van der Waals surface area contributed by atoms with Crippen LogP contribution in [0.25, 0.3) is 56.0 Å².